The van der Waals surface area contributed by atoms with Gasteiger partial charge in [-0.15, -0.1) is 6.54 Å². The van der Waals surface area contributed by atoms with E-state index in [-0.39, 0.29) is 29.6 Å². The summed E-state index contributed by atoms with van der Waals surface area (Å²) in [5, 5.41) is 13.2. The molecule has 0 amide bonds. The Labute approximate surface area is 236 Å². The third-order valence-electron chi connectivity index (χ3n) is 5.79. The lowest BCUT2D eigenvalue weighted by Gasteiger charge is -2.32. The number of carboxylic acid groups (broad SMARTS) is 1. The fourth-order valence-corrected chi connectivity index (χ4v) is 3.84. The largest absolute Gasteiger partial charge is 0.661 e. The molecule has 3 aromatic rings. The maximum absolute atomic E-state index is 12.4. The second kappa shape index (κ2) is 13.4. The van der Waals surface area contributed by atoms with Crippen molar-refractivity contribution in [3.05, 3.63) is 81.3 Å². The van der Waals surface area contributed by atoms with E-state index in [1.165, 1.54) is 13.2 Å². The molecule has 2 heterocycles. The summed E-state index contributed by atoms with van der Waals surface area (Å²) in [7, 11) is 3.37. The molecule has 1 aliphatic heterocycles. The molecule has 0 aliphatic carbocycles. The molecule has 1 N–H and O–H groups in total. The van der Waals surface area contributed by atoms with Crippen molar-refractivity contribution in [1.29, 1.82) is 0 Å². The van der Waals surface area contributed by atoms with Gasteiger partial charge in [0.2, 0.25) is 11.8 Å². The topological polar surface area (TPSA) is 92.9 Å². The van der Waals surface area contributed by atoms with Gasteiger partial charge in [-0.3, -0.25) is 0 Å². The number of benzene rings is 2. The van der Waals surface area contributed by atoms with Crippen LogP contribution in [0.4, 0.5) is 32.3 Å². The summed E-state index contributed by atoms with van der Waals surface area (Å²) in [5.74, 6) is -0.360. The number of aromatic carboxylic acids is 1. The molecule has 1 fully saturated rings. The van der Waals surface area contributed by atoms with Crippen LogP contribution in [0.25, 0.3) is 5.32 Å². The smallest absolute Gasteiger partial charge is 0.416 e. The van der Waals surface area contributed by atoms with E-state index in [2.05, 4.69) is 27.2 Å². The van der Waals surface area contributed by atoms with Gasteiger partial charge in [0, 0.05) is 26.2 Å². The van der Waals surface area contributed by atoms with Gasteiger partial charge in [0.25, 0.3) is 0 Å². The molecule has 2 aromatic carbocycles. The van der Waals surface area contributed by atoms with E-state index in [9.17, 15) is 36.2 Å². The highest BCUT2D eigenvalue weighted by Crippen LogP contribution is 2.36. The maximum Gasteiger partial charge on any atom is 0.416 e. The first-order valence-electron chi connectivity index (χ1n) is 12.0. The molecule has 0 unspecified atom stereocenters. The molecule has 0 radical (unpaired) electrons. The van der Waals surface area contributed by atoms with Gasteiger partial charge in [-0.25, -0.2) is 9.78 Å². The van der Waals surface area contributed by atoms with Crippen molar-refractivity contribution in [3.63, 3.8) is 0 Å². The van der Waals surface area contributed by atoms with Gasteiger partial charge in [0.1, 0.15) is 11.3 Å². The third kappa shape index (κ3) is 8.93. The first-order valence-corrected chi connectivity index (χ1v) is 12.4. The Kier molecular flexibility index (Phi) is 10.4. The molecule has 0 atom stereocenters. The highest BCUT2D eigenvalue weighted by Gasteiger charge is 2.36. The SMILES string of the molecule is CN1CCN(c2ncc(C(=O)O)c(Oc3ccccc3Cl)n2)CC1.C[N-]Cc1cc(C(F)(F)F)cc(C(F)(F)F)c1. The fourth-order valence-electron chi connectivity index (χ4n) is 3.67. The number of anilines is 1. The number of carbonyl (C=O) groups is 1. The first-order chi connectivity index (χ1) is 19.2. The molecule has 0 bridgehead atoms. The number of rotatable bonds is 6. The van der Waals surface area contributed by atoms with E-state index >= 15 is 0 Å². The van der Waals surface area contributed by atoms with Crippen LogP contribution in [-0.2, 0) is 18.9 Å². The Bertz CT molecular complexity index is 1320. The van der Waals surface area contributed by atoms with Crippen molar-refractivity contribution in [1.82, 2.24) is 14.9 Å². The van der Waals surface area contributed by atoms with Crippen LogP contribution in [0.1, 0.15) is 27.0 Å². The molecule has 41 heavy (non-hydrogen) atoms. The number of ether oxygens (including phenoxy) is 1. The average Bonchev–Trinajstić information content (AvgIpc) is 2.90. The molecule has 8 nitrogen and oxygen atoms in total. The minimum Gasteiger partial charge on any atom is -0.661 e. The number of piperazine rings is 1. The van der Waals surface area contributed by atoms with Crippen LogP contribution in [0.2, 0.25) is 5.02 Å². The first kappa shape index (κ1) is 31.9. The van der Waals surface area contributed by atoms with Gasteiger partial charge < -0.3 is 25.0 Å². The zero-order chi connectivity index (χ0) is 30.4. The van der Waals surface area contributed by atoms with Crippen LogP contribution in [0.5, 0.6) is 11.6 Å². The molecule has 222 valence electrons. The monoisotopic (exact) mass is 604 g/mol. The lowest BCUT2D eigenvalue weighted by atomic mass is 10.0. The molecule has 0 saturated carbocycles. The van der Waals surface area contributed by atoms with Crippen LogP contribution >= 0.6 is 11.6 Å². The van der Waals surface area contributed by atoms with Crippen molar-refractivity contribution < 1.29 is 41.0 Å². The average molecular weight is 605 g/mol. The molecule has 1 aliphatic rings. The predicted molar refractivity (Wildman–Crippen MR) is 140 cm³/mol. The highest BCUT2D eigenvalue weighted by atomic mass is 35.5. The minimum absolute atomic E-state index is 0.0143. The molecule has 0 spiro atoms. The lowest BCUT2D eigenvalue weighted by Crippen LogP contribution is -2.45. The number of hydrogen-bond acceptors (Lipinski definition) is 6. The Morgan fingerprint density at radius 2 is 1.61 bits per heavy atom. The summed E-state index contributed by atoms with van der Waals surface area (Å²) in [6, 6.07) is 8.28. The summed E-state index contributed by atoms with van der Waals surface area (Å²) in [5.41, 5.74) is -2.85. The quantitative estimate of drug-likeness (QED) is 0.317. The zero-order valence-corrected chi connectivity index (χ0v) is 22.6. The van der Waals surface area contributed by atoms with Crippen LogP contribution < -0.4 is 9.64 Å². The van der Waals surface area contributed by atoms with Crippen molar-refractivity contribution in [2.24, 2.45) is 0 Å². The number of hydrogen-bond donors (Lipinski definition) is 1. The summed E-state index contributed by atoms with van der Waals surface area (Å²) in [6.45, 7) is 3.14. The van der Waals surface area contributed by atoms with Crippen molar-refractivity contribution in [3.8, 4) is 11.6 Å². The Morgan fingerprint density at radius 1 is 1.02 bits per heavy atom. The number of aromatic nitrogens is 2. The van der Waals surface area contributed by atoms with Crippen molar-refractivity contribution in [2.75, 3.05) is 45.2 Å². The summed E-state index contributed by atoms with van der Waals surface area (Å²) >= 11 is 6.08. The third-order valence-corrected chi connectivity index (χ3v) is 6.10. The minimum atomic E-state index is -4.80. The van der Waals surface area contributed by atoms with Gasteiger partial charge in [0.05, 0.1) is 22.3 Å². The van der Waals surface area contributed by atoms with E-state index in [0.717, 1.165) is 26.2 Å². The number of para-hydroxylation sites is 1. The Hall–Kier alpha value is -3.62. The van der Waals surface area contributed by atoms with Crippen molar-refractivity contribution in [2.45, 2.75) is 18.9 Å². The number of halogens is 7. The summed E-state index contributed by atoms with van der Waals surface area (Å²) < 4.78 is 79.9. The molecule has 15 heteroatoms. The number of likely N-dealkylation sites (N-methyl/N-ethyl adjacent to an activating group) is 1. The zero-order valence-electron chi connectivity index (χ0n) is 21.8. The van der Waals surface area contributed by atoms with E-state index in [0.29, 0.717) is 28.9 Å². The lowest BCUT2D eigenvalue weighted by molar-refractivity contribution is -0.143. The van der Waals surface area contributed by atoms with Gasteiger partial charge in [0.15, 0.2) is 0 Å². The molecular formula is C26H25ClF6N5O3-. The normalized spacial score (nSPS) is 14.3. The van der Waals surface area contributed by atoms with E-state index in [4.69, 9.17) is 16.3 Å². The second-order valence-electron chi connectivity index (χ2n) is 8.91. The Balaban J connectivity index is 0.000000241. The molecule has 4 rings (SSSR count). The van der Waals surface area contributed by atoms with E-state index in [1.807, 2.05) is 4.90 Å². The van der Waals surface area contributed by atoms with Crippen LogP contribution in [0, 0.1) is 0 Å². The molecule has 1 saturated heterocycles. The number of alkyl halides is 6. The second-order valence-corrected chi connectivity index (χ2v) is 9.31. The van der Waals surface area contributed by atoms with Gasteiger partial charge in [-0.2, -0.15) is 38.4 Å². The maximum atomic E-state index is 12.4. The van der Waals surface area contributed by atoms with Gasteiger partial charge in [-0.05, 0) is 37.4 Å². The van der Waals surface area contributed by atoms with Crippen LogP contribution in [0.3, 0.4) is 0 Å². The molecule has 1 aromatic heterocycles. The summed E-state index contributed by atoms with van der Waals surface area (Å²) in [4.78, 5) is 24.1. The predicted octanol–water partition coefficient (Wildman–Crippen LogP) is 6.60. The van der Waals surface area contributed by atoms with Gasteiger partial charge >= 0.3 is 18.3 Å². The number of carboxylic acids is 1. The van der Waals surface area contributed by atoms with E-state index < -0.39 is 29.4 Å². The number of nitrogens with zero attached hydrogens (tertiary/aromatic N) is 5. The van der Waals surface area contributed by atoms with Gasteiger partial charge in [-0.1, -0.05) is 29.3 Å². The van der Waals surface area contributed by atoms with Crippen LogP contribution in [-0.4, -0.2) is 66.2 Å². The summed E-state index contributed by atoms with van der Waals surface area (Å²) in [6.07, 6.45) is -8.33. The van der Waals surface area contributed by atoms with Crippen LogP contribution in [0.15, 0.2) is 48.7 Å². The highest BCUT2D eigenvalue weighted by molar-refractivity contribution is 6.32. The van der Waals surface area contributed by atoms with E-state index in [1.54, 1.807) is 24.3 Å². The Morgan fingerprint density at radius 3 is 2.12 bits per heavy atom. The standard InChI is InChI=1S/C16H17ClN4O3.C10H8F6N/c1-20-6-8-21(9-7-20)16-18-10-11(15(22)23)14(19-16)24-13-5-3-2-4-12(13)17;1-17-5-6-2-7(9(11,12)13)4-8(3-6)10(14,15)16/h2-5,10H,6-9H2,1H3,(H,22,23);2-4H,5H2,1H3/q;-1. The van der Waals surface area contributed by atoms with Crippen molar-refractivity contribution >= 4 is 23.5 Å². The molecular weight excluding hydrogens is 580 g/mol. The fraction of sp³-hybridized carbons (Fsp3) is 0.346.